The third-order valence-corrected chi connectivity index (χ3v) is 5.03. The van der Waals surface area contributed by atoms with E-state index in [0.29, 0.717) is 6.54 Å². The number of hydrogen-bond acceptors (Lipinski definition) is 2. The molecule has 0 spiro atoms. The molecule has 1 aromatic carbocycles. The molecule has 0 bridgehead atoms. The van der Waals surface area contributed by atoms with Crippen LogP contribution in [0, 0.1) is 6.92 Å². The zero-order valence-corrected chi connectivity index (χ0v) is 15.7. The van der Waals surface area contributed by atoms with Gasteiger partial charge < -0.3 is 9.67 Å². The van der Waals surface area contributed by atoms with Gasteiger partial charge in [0.1, 0.15) is 5.60 Å². The molecule has 1 N–H and O–H groups in total. The molecule has 0 amide bonds. The summed E-state index contributed by atoms with van der Waals surface area (Å²) in [5, 5.41) is 12.5. The Labute approximate surface area is 150 Å². The first-order chi connectivity index (χ1) is 12.0. The number of hydrogen-bond donors (Lipinski definition) is 1. The maximum Gasteiger partial charge on any atom is 0.106 e. The van der Waals surface area contributed by atoms with Crippen LogP contribution in [0.1, 0.15) is 49.6 Å². The van der Waals surface area contributed by atoms with Crippen molar-refractivity contribution < 1.29 is 5.11 Å². The van der Waals surface area contributed by atoms with E-state index in [1.807, 2.05) is 19.1 Å². The Morgan fingerprint density at radius 1 is 1.20 bits per heavy atom. The van der Waals surface area contributed by atoms with Gasteiger partial charge in [0, 0.05) is 34.6 Å². The van der Waals surface area contributed by atoms with E-state index >= 15 is 0 Å². The van der Waals surface area contributed by atoms with Crippen LogP contribution in [0.3, 0.4) is 0 Å². The van der Waals surface area contributed by atoms with Crippen LogP contribution in [-0.2, 0) is 25.0 Å². The average molecular weight is 336 g/mol. The van der Waals surface area contributed by atoms with Crippen LogP contribution >= 0.6 is 0 Å². The van der Waals surface area contributed by atoms with Crippen molar-refractivity contribution in [3.63, 3.8) is 0 Å². The van der Waals surface area contributed by atoms with Crippen molar-refractivity contribution in [1.29, 1.82) is 0 Å². The molecule has 0 saturated carbocycles. The molecule has 0 saturated heterocycles. The van der Waals surface area contributed by atoms with Gasteiger partial charge in [-0.2, -0.15) is 0 Å². The molecule has 25 heavy (non-hydrogen) atoms. The minimum Gasteiger partial charge on any atom is -0.384 e. The predicted octanol–water partition coefficient (Wildman–Crippen LogP) is 4.77. The topological polar surface area (TPSA) is 38.0 Å². The van der Waals surface area contributed by atoms with Crippen molar-refractivity contribution in [3.8, 4) is 0 Å². The van der Waals surface area contributed by atoms with Crippen LogP contribution in [0.5, 0.6) is 0 Å². The second-order valence-corrected chi connectivity index (χ2v) is 7.15. The molecule has 3 nitrogen and oxygen atoms in total. The van der Waals surface area contributed by atoms with Gasteiger partial charge in [0.2, 0.25) is 0 Å². The maximum atomic E-state index is 11.2. The summed E-state index contributed by atoms with van der Waals surface area (Å²) < 4.78 is 2.32. The monoisotopic (exact) mass is 336 g/mol. The molecule has 0 aliphatic heterocycles. The van der Waals surface area contributed by atoms with Crippen LogP contribution in [0.2, 0.25) is 0 Å². The van der Waals surface area contributed by atoms with E-state index in [9.17, 15) is 5.11 Å². The van der Waals surface area contributed by atoms with Crippen LogP contribution in [0.25, 0.3) is 10.9 Å². The lowest BCUT2D eigenvalue weighted by Gasteiger charge is -2.26. The fourth-order valence-corrected chi connectivity index (χ4v) is 3.77. The summed E-state index contributed by atoms with van der Waals surface area (Å²) in [6.07, 6.45) is 6.63. The number of rotatable bonds is 6. The lowest BCUT2D eigenvalue weighted by atomic mass is 9.97. The van der Waals surface area contributed by atoms with E-state index in [4.69, 9.17) is 0 Å². The third-order valence-electron chi connectivity index (χ3n) is 5.03. The van der Waals surface area contributed by atoms with Crippen LogP contribution < -0.4 is 0 Å². The summed E-state index contributed by atoms with van der Waals surface area (Å²) in [5.41, 5.74) is 5.16. The molecule has 0 radical (unpaired) electrons. The summed E-state index contributed by atoms with van der Waals surface area (Å²) in [7, 11) is 0. The molecule has 2 aromatic heterocycles. The first kappa shape index (κ1) is 17.7. The lowest BCUT2D eigenvalue weighted by molar-refractivity contribution is 0.0384. The average Bonchev–Trinajstić information content (AvgIpc) is 2.87. The van der Waals surface area contributed by atoms with E-state index in [1.54, 1.807) is 12.4 Å². The van der Waals surface area contributed by atoms with E-state index in [1.165, 1.54) is 27.7 Å². The van der Waals surface area contributed by atoms with Crippen LogP contribution in [0.4, 0.5) is 0 Å². The summed E-state index contributed by atoms with van der Waals surface area (Å²) >= 11 is 0. The number of fused-ring (bicyclic) bond motifs is 1. The van der Waals surface area contributed by atoms with Gasteiger partial charge in [-0.15, -0.1) is 0 Å². The minimum absolute atomic E-state index is 0.535. The molecule has 0 aliphatic rings. The Bertz CT molecular complexity index is 863. The molecule has 132 valence electrons. The molecule has 3 aromatic rings. The Morgan fingerprint density at radius 3 is 2.64 bits per heavy atom. The molecule has 3 rings (SSSR count). The van der Waals surface area contributed by atoms with Crippen molar-refractivity contribution in [2.45, 2.75) is 59.1 Å². The van der Waals surface area contributed by atoms with Crippen molar-refractivity contribution in [2.75, 3.05) is 0 Å². The van der Waals surface area contributed by atoms with Gasteiger partial charge in [-0.3, -0.25) is 4.98 Å². The Kier molecular flexibility index (Phi) is 4.96. The van der Waals surface area contributed by atoms with Crippen molar-refractivity contribution >= 4 is 10.9 Å². The van der Waals surface area contributed by atoms with Crippen molar-refractivity contribution in [2.24, 2.45) is 0 Å². The van der Waals surface area contributed by atoms with Gasteiger partial charge >= 0.3 is 0 Å². The smallest absolute Gasteiger partial charge is 0.106 e. The van der Waals surface area contributed by atoms with E-state index in [0.717, 1.165) is 24.8 Å². The van der Waals surface area contributed by atoms with Crippen molar-refractivity contribution in [3.05, 3.63) is 65.1 Å². The number of aliphatic hydroxyl groups is 1. The Morgan fingerprint density at radius 2 is 2.00 bits per heavy atom. The predicted molar refractivity (Wildman–Crippen MR) is 104 cm³/mol. The minimum atomic E-state index is -0.960. The number of nitrogens with zero attached hydrogens (tertiary/aromatic N) is 2. The number of pyridine rings is 1. The van der Waals surface area contributed by atoms with E-state index < -0.39 is 5.60 Å². The third kappa shape index (κ3) is 3.34. The van der Waals surface area contributed by atoms with E-state index in [2.05, 4.69) is 48.5 Å². The summed E-state index contributed by atoms with van der Waals surface area (Å²) in [5.74, 6) is 0. The molecule has 3 heteroatoms. The fraction of sp³-hybridized carbons (Fsp3) is 0.409. The first-order valence-corrected chi connectivity index (χ1v) is 9.21. The highest BCUT2D eigenvalue weighted by molar-refractivity contribution is 5.86. The number of aromatic nitrogens is 2. The second kappa shape index (κ2) is 7.01. The Balaban J connectivity index is 2.16. The quantitative estimate of drug-likeness (QED) is 0.704. The standard InChI is InChI=1S/C22H28N2O/c1-5-8-20-18(6-2)19-13-16(3)10-11-21(19)24(20)15-22(4,25)17-9-7-12-23-14-17/h7,9-14,25H,5-6,8,15H2,1-4H3. The largest absolute Gasteiger partial charge is 0.384 e. The Hall–Kier alpha value is -2.13. The lowest BCUT2D eigenvalue weighted by Crippen LogP contribution is -2.28. The van der Waals surface area contributed by atoms with Gasteiger partial charge in [0.05, 0.1) is 6.54 Å². The highest BCUT2D eigenvalue weighted by Gasteiger charge is 2.27. The van der Waals surface area contributed by atoms with Crippen molar-refractivity contribution in [1.82, 2.24) is 9.55 Å². The maximum absolute atomic E-state index is 11.2. The first-order valence-electron chi connectivity index (χ1n) is 9.21. The molecular formula is C22H28N2O. The normalized spacial score (nSPS) is 14.0. The molecule has 0 aliphatic carbocycles. The number of aryl methyl sites for hydroxylation is 2. The zero-order chi connectivity index (χ0) is 18.0. The zero-order valence-electron chi connectivity index (χ0n) is 15.7. The highest BCUT2D eigenvalue weighted by atomic mass is 16.3. The summed E-state index contributed by atoms with van der Waals surface area (Å²) in [4.78, 5) is 4.18. The van der Waals surface area contributed by atoms with Gasteiger partial charge in [0.15, 0.2) is 0 Å². The highest BCUT2D eigenvalue weighted by Crippen LogP contribution is 2.32. The molecule has 1 atom stereocenters. The van der Waals surface area contributed by atoms with Crippen LogP contribution in [-0.4, -0.2) is 14.7 Å². The molecule has 2 heterocycles. The molecular weight excluding hydrogens is 308 g/mol. The summed E-state index contributed by atoms with van der Waals surface area (Å²) in [6.45, 7) is 8.99. The SMILES string of the molecule is CCCc1c(CC)c2cc(C)ccc2n1CC(C)(O)c1cccnc1. The van der Waals surface area contributed by atoms with Crippen LogP contribution in [0.15, 0.2) is 42.7 Å². The second-order valence-electron chi connectivity index (χ2n) is 7.15. The summed E-state index contributed by atoms with van der Waals surface area (Å²) in [6, 6.07) is 10.5. The number of benzene rings is 1. The molecule has 0 fully saturated rings. The fourth-order valence-electron chi connectivity index (χ4n) is 3.77. The molecule has 1 unspecified atom stereocenters. The van der Waals surface area contributed by atoms with Gasteiger partial charge in [-0.25, -0.2) is 0 Å². The van der Waals surface area contributed by atoms with Gasteiger partial charge in [-0.1, -0.05) is 38.0 Å². The van der Waals surface area contributed by atoms with E-state index in [-0.39, 0.29) is 0 Å². The van der Waals surface area contributed by atoms with Gasteiger partial charge in [0.25, 0.3) is 0 Å². The van der Waals surface area contributed by atoms with Gasteiger partial charge in [-0.05, 0) is 50.5 Å².